The fourth-order valence-electron chi connectivity index (χ4n) is 8.66. The standard InChI is InChI=1S/C47H55N11O6S/c1-27-42(65-26-50-27)30-8-6-28(7-9-30)20-49-45(63)38-19-34(59)24-58(38)46(64)43(47(2,3)4)55-41(61)22-48-40(60)16-29-14-15-57(23-29)25-39-53-35-12-11-33(18-36(35)54-39)52-44(62)31-10-13-37-32(17-31)21-51-56(37)5/h6-13,17-18,21,26,29,34,38,43,59H,14-16,19-20,22-25H2,1-5H3,(H,48,60)(H,49,63)(H,52,62)(H,53,54)(H,55,61)/t29?,34-,38+,43?/m1/s1. The fourth-order valence-corrected chi connectivity index (χ4v) is 9.48. The van der Waals surface area contributed by atoms with Crippen LogP contribution in [0.4, 0.5) is 5.69 Å². The maximum absolute atomic E-state index is 14.1. The summed E-state index contributed by atoms with van der Waals surface area (Å²) in [6.07, 6.45) is 1.95. The van der Waals surface area contributed by atoms with Gasteiger partial charge in [0.2, 0.25) is 23.6 Å². The number of fused-ring (bicyclic) bond motifs is 2. The zero-order valence-electron chi connectivity index (χ0n) is 37.2. The lowest BCUT2D eigenvalue weighted by atomic mass is 9.85. The predicted molar refractivity (Wildman–Crippen MR) is 247 cm³/mol. The molecule has 0 saturated carbocycles. The Morgan fingerprint density at radius 3 is 2.54 bits per heavy atom. The Balaban J connectivity index is 0.786. The fraction of sp³-hybridized carbons (Fsp3) is 0.404. The first-order valence-corrected chi connectivity index (χ1v) is 22.7. The minimum atomic E-state index is -1.02. The number of amides is 5. The molecule has 6 N–H and O–H groups in total. The van der Waals surface area contributed by atoms with Crippen molar-refractivity contribution in [2.24, 2.45) is 18.4 Å². The van der Waals surface area contributed by atoms with Gasteiger partial charge in [0.15, 0.2) is 0 Å². The van der Waals surface area contributed by atoms with Gasteiger partial charge in [-0.25, -0.2) is 9.97 Å². The molecule has 18 heteroatoms. The molecule has 17 nitrogen and oxygen atoms in total. The summed E-state index contributed by atoms with van der Waals surface area (Å²) in [6, 6.07) is 16.9. The molecule has 6 aromatic rings. The van der Waals surface area contributed by atoms with Gasteiger partial charge in [-0.1, -0.05) is 45.0 Å². The maximum atomic E-state index is 14.1. The lowest BCUT2D eigenvalue weighted by Gasteiger charge is -2.35. The number of H-pyrrole nitrogens is 1. The van der Waals surface area contributed by atoms with Crippen LogP contribution in [0, 0.1) is 18.3 Å². The average molecular weight is 902 g/mol. The number of β-amino-alcohol motifs (C(OH)–C–C–N with tert-alkyl or cyclic N) is 1. The van der Waals surface area contributed by atoms with E-state index < -0.39 is 35.4 Å². The topological polar surface area (TPSA) is 220 Å². The third-order valence-corrected chi connectivity index (χ3v) is 13.1. The highest BCUT2D eigenvalue weighted by Crippen LogP contribution is 2.29. The Hall–Kier alpha value is -6.50. The van der Waals surface area contributed by atoms with Crippen LogP contribution in [0.5, 0.6) is 0 Å². The zero-order chi connectivity index (χ0) is 46.0. The molecule has 5 amide bonds. The van der Waals surface area contributed by atoms with Gasteiger partial charge in [-0.3, -0.25) is 33.6 Å². The second-order valence-corrected chi connectivity index (χ2v) is 19.1. The number of hydrogen-bond donors (Lipinski definition) is 6. The normalized spacial score (nSPS) is 18.2. The molecule has 0 spiro atoms. The number of likely N-dealkylation sites (tertiary alicyclic amines) is 2. The highest BCUT2D eigenvalue weighted by molar-refractivity contribution is 7.13. The van der Waals surface area contributed by atoms with Gasteiger partial charge < -0.3 is 36.3 Å². The molecular weight excluding hydrogens is 847 g/mol. The number of thiazole rings is 1. The Kier molecular flexibility index (Phi) is 13.1. The first-order valence-electron chi connectivity index (χ1n) is 21.8. The lowest BCUT2D eigenvalue weighted by Crippen LogP contribution is -2.58. The van der Waals surface area contributed by atoms with Crippen molar-refractivity contribution in [1.29, 1.82) is 0 Å². The van der Waals surface area contributed by atoms with E-state index in [-0.39, 0.29) is 56.1 Å². The van der Waals surface area contributed by atoms with E-state index in [0.717, 1.165) is 62.4 Å². The zero-order valence-corrected chi connectivity index (χ0v) is 38.0. The molecule has 2 saturated heterocycles. The van der Waals surface area contributed by atoms with Crippen LogP contribution in [-0.4, -0.2) is 114 Å². The summed E-state index contributed by atoms with van der Waals surface area (Å²) in [7, 11) is 1.86. The molecule has 0 radical (unpaired) electrons. The highest BCUT2D eigenvalue weighted by Gasteiger charge is 2.44. The minimum Gasteiger partial charge on any atom is -0.391 e. The number of imidazole rings is 1. The monoisotopic (exact) mass is 901 g/mol. The van der Waals surface area contributed by atoms with E-state index in [1.807, 2.05) is 94.9 Å². The summed E-state index contributed by atoms with van der Waals surface area (Å²) in [4.78, 5) is 84.0. The van der Waals surface area contributed by atoms with Crippen LogP contribution in [0.15, 0.2) is 72.4 Å². The lowest BCUT2D eigenvalue weighted by molar-refractivity contribution is -0.144. The largest absolute Gasteiger partial charge is 0.391 e. The molecule has 65 heavy (non-hydrogen) atoms. The van der Waals surface area contributed by atoms with Gasteiger partial charge in [0.25, 0.3) is 5.91 Å². The van der Waals surface area contributed by atoms with E-state index in [4.69, 9.17) is 4.98 Å². The van der Waals surface area contributed by atoms with Crippen molar-refractivity contribution in [1.82, 2.24) is 50.5 Å². The quantitative estimate of drug-likeness (QED) is 0.0912. The van der Waals surface area contributed by atoms with Crippen molar-refractivity contribution < 1.29 is 29.1 Å². The molecular formula is C47H55N11O6S. The second-order valence-electron chi connectivity index (χ2n) is 18.2. The van der Waals surface area contributed by atoms with Crippen LogP contribution in [0.2, 0.25) is 0 Å². The minimum absolute atomic E-state index is 0.0415. The van der Waals surface area contributed by atoms with Crippen molar-refractivity contribution in [3.05, 3.63) is 95.0 Å². The molecule has 2 unspecified atom stereocenters. The highest BCUT2D eigenvalue weighted by atomic mass is 32.1. The van der Waals surface area contributed by atoms with Gasteiger partial charge in [0.1, 0.15) is 17.9 Å². The van der Waals surface area contributed by atoms with Gasteiger partial charge in [-0.2, -0.15) is 5.10 Å². The number of nitrogens with one attached hydrogen (secondary N) is 5. The van der Waals surface area contributed by atoms with E-state index in [1.165, 1.54) is 4.90 Å². The van der Waals surface area contributed by atoms with Gasteiger partial charge in [-0.05, 0) is 78.7 Å². The molecule has 0 aliphatic carbocycles. The number of carbonyl (C=O) groups excluding carboxylic acids is 5. The molecule has 3 aromatic carbocycles. The van der Waals surface area contributed by atoms with Gasteiger partial charge in [0, 0.05) is 56.2 Å². The Morgan fingerprint density at radius 1 is 0.985 bits per heavy atom. The Morgan fingerprint density at radius 2 is 1.78 bits per heavy atom. The van der Waals surface area contributed by atoms with Crippen LogP contribution in [0.3, 0.4) is 0 Å². The molecule has 4 atom stereocenters. The maximum Gasteiger partial charge on any atom is 0.255 e. The average Bonchev–Trinajstić information content (AvgIpc) is 4.13. The van der Waals surface area contributed by atoms with Crippen LogP contribution < -0.4 is 21.3 Å². The number of aromatic nitrogens is 5. The number of hydrogen-bond acceptors (Lipinski definition) is 11. The Bertz CT molecular complexity index is 2740. The summed E-state index contributed by atoms with van der Waals surface area (Å²) in [6.45, 7) is 9.30. The number of aliphatic hydroxyl groups is 1. The van der Waals surface area contributed by atoms with Gasteiger partial charge in [0.05, 0.1) is 58.0 Å². The number of aliphatic hydroxyl groups excluding tert-OH is 1. The number of benzene rings is 3. The molecule has 340 valence electrons. The molecule has 2 fully saturated rings. The van der Waals surface area contributed by atoms with Crippen LogP contribution >= 0.6 is 11.3 Å². The van der Waals surface area contributed by atoms with Crippen LogP contribution in [-0.2, 0) is 39.3 Å². The van der Waals surface area contributed by atoms with Crippen molar-refractivity contribution in [3.63, 3.8) is 0 Å². The predicted octanol–water partition coefficient (Wildman–Crippen LogP) is 4.27. The number of rotatable bonds is 14. The first kappa shape index (κ1) is 45.1. The number of aryl methyl sites for hydroxylation is 2. The SMILES string of the molecule is Cc1ncsc1-c1ccc(CNC(=O)[C@@H]2C[C@@H](O)CN2C(=O)C(NC(=O)CNC(=O)CC2CCN(Cc3nc4ccc(NC(=O)c5ccc6c(cnn6C)c5)cc4[nH]3)C2)C(C)(C)C)cc1. The number of carbonyl (C=O) groups is 5. The van der Waals surface area contributed by atoms with Crippen LogP contribution in [0.25, 0.3) is 32.4 Å². The summed E-state index contributed by atoms with van der Waals surface area (Å²) in [5.74, 6) is -1.03. The van der Waals surface area contributed by atoms with E-state index in [9.17, 15) is 29.1 Å². The van der Waals surface area contributed by atoms with Crippen LogP contribution in [0.1, 0.15) is 67.5 Å². The summed E-state index contributed by atoms with van der Waals surface area (Å²) in [5.41, 5.74) is 7.63. The molecule has 5 heterocycles. The van der Waals surface area contributed by atoms with E-state index in [1.54, 1.807) is 28.3 Å². The third kappa shape index (κ3) is 10.6. The first-order chi connectivity index (χ1) is 31.1. The Labute approximate surface area is 380 Å². The summed E-state index contributed by atoms with van der Waals surface area (Å²) < 4.78 is 1.76. The van der Waals surface area contributed by atoms with Gasteiger partial charge >= 0.3 is 0 Å². The smallest absolute Gasteiger partial charge is 0.255 e. The number of anilines is 1. The number of aromatic amines is 1. The second kappa shape index (κ2) is 18.9. The van der Waals surface area contributed by atoms with E-state index in [2.05, 4.69) is 41.2 Å². The molecule has 8 rings (SSSR count). The third-order valence-electron chi connectivity index (χ3n) is 12.2. The molecule has 3 aromatic heterocycles. The summed E-state index contributed by atoms with van der Waals surface area (Å²) >= 11 is 1.57. The van der Waals surface area contributed by atoms with Crippen molar-refractivity contribution in [2.75, 3.05) is 31.5 Å². The van der Waals surface area contributed by atoms with E-state index >= 15 is 0 Å². The molecule has 0 bridgehead atoms. The van der Waals surface area contributed by atoms with Crippen molar-refractivity contribution >= 4 is 68.5 Å². The summed E-state index contributed by atoms with van der Waals surface area (Å²) in [5, 5.41) is 27.1. The van der Waals surface area contributed by atoms with Gasteiger partial charge in [-0.15, -0.1) is 11.3 Å². The number of nitrogens with zero attached hydrogens (tertiary/aromatic N) is 6. The molecule has 2 aliphatic rings. The van der Waals surface area contributed by atoms with E-state index in [0.29, 0.717) is 24.3 Å². The molecule has 2 aliphatic heterocycles. The van der Waals surface area contributed by atoms with Crippen molar-refractivity contribution in [2.45, 2.75) is 78.2 Å². The van der Waals surface area contributed by atoms with Crippen molar-refractivity contribution in [3.8, 4) is 10.4 Å².